The van der Waals surface area contributed by atoms with Crippen LogP contribution in [-0.2, 0) is 6.73 Å². The molecule has 6 heteroatoms. The van der Waals surface area contributed by atoms with Gasteiger partial charge in [-0.1, -0.05) is 12.1 Å². The minimum atomic E-state index is -0.0133. The summed E-state index contributed by atoms with van der Waals surface area (Å²) in [5.41, 5.74) is 2.79. The van der Waals surface area contributed by atoms with Crippen LogP contribution >= 0.6 is 0 Å². The molecule has 0 aliphatic carbocycles. The summed E-state index contributed by atoms with van der Waals surface area (Å²) in [4.78, 5) is 17.0. The van der Waals surface area contributed by atoms with Gasteiger partial charge in [0.25, 0.3) is 5.91 Å². The standard InChI is InChI=1S/C21H28N4O2/c1-4-7-23-8-5-9-24(12-11-23)21(26)20-6-10-25(22-20)16-27-19-14-17(2)13-18(3)15-19/h4,6,10,13-15H,1,5,7-9,11-12,16H2,2-3H3. The first kappa shape index (κ1) is 19.2. The molecule has 0 radical (unpaired) electrons. The van der Waals surface area contributed by atoms with Gasteiger partial charge in [0.15, 0.2) is 12.4 Å². The molecule has 1 aliphatic heterocycles. The van der Waals surface area contributed by atoms with Gasteiger partial charge in [-0.25, -0.2) is 4.68 Å². The van der Waals surface area contributed by atoms with Crippen LogP contribution in [0.5, 0.6) is 5.75 Å². The lowest BCUT2D eigenvalue weighted by Gasteiger charge is -2.20. The lowest BCUT2D eigenvalue weighted by atomic mass is 10.1. The highest BCUT2D eigenvalue weighted by atomic mass is 16.5. The van der Waals surface area contributed by atoms with Gasteiger partial charge in [0.2, 0.25) is 0 Å². The quantitative estimate of drug-likeness (QED) is 0.736. The number of ether oxygens (including phenoxy) is 1. The Kier molecular flexibility index (Phi) is 6.29. The van der Waals surface area contributed by atoms with Crippen molar-refractivity contribution in [2.75, 3.05) is 32.7 Å². The molecule has 6 nitrogen and oxygen atoms in total. The fraction of sp³-hybridized carbons (Fsp3) is 0.429. The van der Waals surface area contributed by atoms with Crippen molar-refractivity contribution < 1.29 is 9.53 Å². The second-order valence-corrected chi connectivity index (χ2v) is 7.07. The molecule has 1 saturated heterocycles. The van der Waals surface area contributed by atoms with Gasteiger partial charge < -0.3 is 9.64 Å². The van der Waals surface area contributed by atoms with Gasteiger partial charge in [-0.3, -0.25) is 9.69 Å². The van der Waals surface area contributed by atoms with Gasteiger partial charge in [0.1, 0.15) is 5.75 Å². The highest BCUT2D eigenvalue weighted by Crippen LogP contribution is 2.16. The minimum absolute atomic E-state index is 0.0133. The molecule has 27 heavy (non-hydrogen) atoms. The molecule has 0 bridgehead atoms. The lowest BCUT2D eigenvalue weighted by Crippen LogP contribution is -2.35. The average molecular weight is 368 g/mol. The molecule has 3 rings (SSSR count). The zero-order valence-corrected chi connectivity index (χ0v) is 16.2. The number of carbonyl (C=O) groups is 1. The van der Waals surface area contributed by atoms with Crippen molar-refractivity contribution in [1.82, 2.24) is 19.6 Å². The van der Waals surface area contributed by atoms with E-state index in [4.69, 9.17) is 4.74 Å². The maximum absolute atomic E-state index is 12.8. The van der Waals surface area contributed by atoms with Crippen molar-refractivity contribution in [2.45, 2.75) is 27.0 Å². The van der Waals surface area contributed by atoms with Crippen LogP contribution in [0, 0.1) is 13.8 Å². The highest BCUT2D eigenvalue weighted by molar-refractivity contribution is 5.92. The first-order valence-electron chi connectivity index (χ1n) is 9.42. The van der Waals surface area contributed by atoms with Crippen LogP contribution < -0.4 is 4.74 Å². The molecular formula is C21H28N4O2. The molecule has 0 saturated carbocycles. The van der Waals surface area contributed by atoms with Gasteiger partial charge in [-0.2, -0.15) is 5.10 Å². The third-order valence-electron chi connectivity index (χ3n) is 4.68. The fourth-order valence-electron chi connectivity index (χ4n) is 3.41. The molecule has 1 fully saturated rings. The summed E-state index contributed by atoms with van der Waals surface area (Å²) in [6.45, 7) is 12.4. The van der Waals surface area contributed by atoms with E-state index in [1.807, 2.05) is 37.0 Å². The molecule has 0 N–H and O–H groups in total. The maximum atomic E-state index is 12.8. The number of carbonyl (C=O) groups excluding carboxylic acids is 1. The molecule has 1 aliphatic rings. The monoisotopic (exact) mass is 368 g/mol. The molecule has 1 aromatic heterocycles. The normalized spacial score (nSPS) is 15.4. The molecule has 1 amide bonds. The number of aryl methyl sites for hydroxylation is 2. The highest BCUT2D eigenvalue weighted by Gasteiger charge is 2.21. The lowest BCUT2D eigenvalue weighted by molar-refractivity contribution is 0.0754. The Morgan fingerprint density at radius 2 is 1.96 bits per heavy atom. The van der Waals surface area contributed by atoms with Gasteiger partial charge >= 0.3 is 0 Å². The summed E-state index contributed by atoms with van der Waals surface area (Å²) < 4.78 is 7.47. The van der Waals surface area contributed by atoms with Crippen molar-refractivity contribution in [3.05, 3.63) is 59.9 Å². The van der Waals surface area contributed by atoms with E-state index in [9.17, 15) is 4.79 Å². The van der Waals surface area contributed by atoms with E-state index in [-0.39, 0.29) is 12.6 Å². The summed E-state index contributed by atoms with van der Waals surface area (Å²) in [6, 6.07) is 7.86. The van der Waals surface area contributed by atoms with E-state index in [0.717, 1.165) is 56.0 Å². The van der Waals surface area contributed by atoms with Crippen LogP contribution in [0.25, 0.3) is 0 Å². The van der Waals surface area contributed by atoms with E-state index in [1.54, 1.807) is 16.9 Å². The third-order valence-corrected chi connectivity index (χ3v) is 4.68. The Bertz CT molecular complexity index is 779. The number of hydrogen-bond acceptors (Lipinski definition) is 4. The SMILES string of the molecule is C=CCN1CCCN(C(=O)c2ccn(COc3cc(C)cc(C)c3)n2)CC1. The number of amides is 1. The molecule has 0 spiro atoms. The topological polar surface area (TPSA) is 50.6 Å². The number of nitrogens with zero attached hydrogens (tertiary/aromatic N) is 4. The van der Waals surface area contributed by atoms with E-state index < -0.39 is 0 Å². The molecule has 2 heterocycles. The van der Waals surface area contributed by atoms with E-state index in [0.29, 0.717) is 5.69 Å². The zero-order chi connectivity index (χ0) is 19.2. The number of benzene rings is 1. The maximum Gasteiger partial charge on any atom is 0.274 e. The van der Waals surface area contributed by atoms with Gasteiger partial charge in [-0.05, 0) is 49.6 Å². The third kappa shape index (κ3) is 5.20. The first-order valence-corrected chi connectivity index (χ1v) is 9.42. The molecule has 0 unspecified atom stereocenters. The predicted molar refractivity (Wildman–Crippen MR) is 106 cm³/mol. The van der Waals surface area contributed by atoms with Crippen LogP contribution in [0.1, 0.15) is 28.0 Å². The number of hydrogen-bond donors (Lipinski definition) is 0. The largest absolute Gasteiger partial charge is 0.471 e. The van der Waals surface area contributed by atoms with Gasteiger partial charge in [-0.15, -0.1) is 6.58 Å². The molecule has 2 aromatic rings. The summed E-state index contributed by atoms with van der Waals surface area (Å²) in [6.07, 6.45) is 4.67. The van der Waals surface area contributed by atoms with E-state index in [2.05, 4.69) is 22.6 Å². The fourth-order valence-corrected chi connectivity index (χ4v) is 3.41. The summed E-state index contributed by atoms with van der Waals surface area (Å²) in [5.74, 6) is 0.798. The van der Waals surface area contributed by atoms with Crippen LogP contribution in [0.15, 0.2) is 43.1 Å². The summed E-state index contributed by atoms with van der Waals surface area (Å²) in [5, 5.41) is 4.40. The Labute approximate surface area is 161 Å². The minimum Gasteiger partial charge on any atom is -0.471 e. The Morgan fingerprint density at radius 3 is 2.70 bits per heavy atom. The number of aromatic nitrogens is 2. The predicted octanol–water partition coefficient (Wildman–Crippen LogP) is 2.87. The Hall–Kier alpha value is -2.60. The number of rotatable bonds is 6. The first-order chi connectivity index (χ1) is 13.0. The van der Waals surface area contributed by atoms with Crippen LogP contribution in [0.2, 0.25) is 0 Å². The molecule has 144 valence electrons. The van der Waals surface area contributed by atoms with E-state index in [1.165, 1.54) is 0 Å². The Morgan fingerprint density at radius 1 is 1.19 bits per heavy atom. The molecular weight excluding hydrogens is 340 g/mol. The Balaban J connectivity index is 1.58. The zero-order valence-electron chi connectivity index (χ0n) is 16.2. The van der Waals surface area contributed by atoms with Gasteiger partial charge in [0, 0.05) is 38.9 Å². The van der Waals surface area contributed by atoms with Crippen molar-refractivity contribution in [3.63, 3.8) is 0 Å². The second-order valence-electron chi connectivity index (χ2n) is 7.07. The summed E-state index contributed by atoms with van der Waals surface area (Å²) in [7, 11) is 0. The van der Waals surface area contributed by atoms with Gasteiger partial charge in [0.05, 0.1) is 0 Å². The van der Waals surface area contributed by atoms with Crippen LogP contribution in [0.4, 0.5) is 0 Å². The molecule has 0 atom stereocenters. The molecule has 1 aromatic carbocycles. The van der Waals surface area contributed by atoms with Crippen molar-refractivity contribution in [3.8, 4) is 5.75 Å². The second kappa shape index (κ2) is 8.86. The smallest absolute Gasteiger partial charge is 0.274 e. The summed E-state index contributed by atoms with van der Waals surface area (Å²) >= 11 is 0. The van der Waals surface area contributed by atoms with Crippen LogP contribution in [0.3, 0.4) is 0 Å². The van der Waals surface area contributed by atoms with E-state index >= 15 is 0 Å². The van der Waals surface area contributed by atoms with Crippen molar-refractivity contribution >= 4 is 5.91 Å². The van der Waals surface area contributed by atoms with Crippen molar-refractivity contribution in [1.29, 1.82) is 0 Å². The van der Waals surface area contributed by atoms with Crippen LogP contribution in [-0.4, -0.2) is 58.2 Å². The average Bonchev–Trinajstić information content (AvgIpc) is 2.98. The van der Waals surface area contributed by atoms with Crippen molar-refractivity contribution in [2.24, 2.45) is 0 Å².